The Labute approximate surface area is 218 Å². The normalized spacial score (nSPS) is 11.1. The maximum absolute atomic E-state index is 12.4. The molecule has 1 N–H and O–H groups in total. The number of hydrazone groups is 1. The van der Waals surface area contributed by atoms with Crippen LogP contribution < -0.4 is 14.9 Å². The van der Waals surface area contributed by atoms with Crippen LogP contribution in [0.5, 0.6) is 11.5 Å². The van der Waals surface area contributed by atoms with E-state index in [9.17, 15) is 14.9 Å². The SMILES string of the molecule is COc1cc(/C=N\NC(=O)c2cc3cc([N+](=O)[O-])ccc3o2)cc(Cl)c1OCc1ccc(I)cc1. The van der Waals surface area contributed by atoms with Gasteiger partial charge in [-0.1, -0.05) is 23.7 Å². The quantitative estimate of drug-likeness (QED) is 0.115. The molecule has 0 bridgehead atoms. The molecule has 0 spiro atoms. The van der Waals surface area contributed by atoms with Crippen molar-refractivity contribution in [2.24, 2.45) is 5.10 Å². The fraction of sp³-hybridized carbons (Fsp3) is 0.0833. The first kappa shape index (κ1) is 24.5. The van der Waals surface area contributed by atoms with E-state index in [4.69, 9.17) is 25.5 Å². The number of carbonyl (C=O) groups is 1. The lowest BCUT2D eigenvalue weighted by Gasteiger charge is -2.13. The van der Waals surface area contributed by atoms with Crippen molar-refractivity contribution in [3.63, 3.8) is 0 Å². The zero-order valence-electron chi connectivity index (χ0n) is 18.2. The second-order valence-electron chi connectivity index (χ2n) is 7.24. The predicted octanol–water partition coefficient (Wildman–Crippen LogP) is 5.95. The highest BCUT2D eigenvalue weighted by Gasteiger charge is 2.15. The number of furan rings is 1. The van der Waals surface area contributed by atoms with Crippen molar-refractivity contribution < 1.29 is 23.6 Å². The number of nitrogens with one attached hydrogen (secondary N) is 1. The van der Waals surface area contributed by atoms with E-state index >= 15 is 0 Å². The lowest BCUT2D eigenvalue weighted by atomic mass is 10.2. The number of rotatable bonds is 8. The smallest absolute Gasteiger partial charge is 0.307 e. The molecule has 4 aromatic rings. The molecule has 0 saturated heterocycles. The fourth-order valence-electron chi connectivity index (χ4n) is 3.17. The highest BCUT2D eigenvalue weighted by atomic mass is 127. The van der Waals surface area contributed by atoms with E-state index in [0.717, 1.165) is 9.13 Å². The summed E-state index contributed by atoms with van der Waals surface area (Å²) < 4.78 is 17.8. The Morgan fingerprint density at radius 1 is 1.20 bits per heavy atom. The Bertz CT molecular complexity index is 1440. The molecule has 0 fully saturated rings. The van der Waals surface area contributed by atoms with E-state index < -0.39 is 10.8 Å². The summed E-state index contributed by atoms with van der Waals surface area (Å²) in [6.07, 6.45) is 1.39. The first-order valence-electron chi connectivity index (χ1n) is 10.1. The molecule has 9 nitrogen and oxygen atoms in total. The molecule has 0 atom stereocenters. The summed E-state index contributed by atoms with van der Waals surface area (Å²) in [5, 5.41) is 15.6. The van der Waals surface area contributed by atoms with Crippen LogP contribution in [0.4, 0.5) is 5.69 Å². The number of methoxy groups -OCH3 is 1. The summed E-state index contributed by atoms with van der Waals surface area (Å²) in [6.45, 7) is 0.317. The van der Waals surface area contributed by atoms with Gasteiger partial charge in [0.1, 0.15) is 12.2 Å². The number of ether oxygens (including phenoxy) is 2. The largest absolute Gasteiger partial charge is 0.493 e. The Morgan fingerprint density at radius 3 is 2.69 bits per heavy atom. The van der Waals surface area contributed by atoms with Crippen molar-refractivity contribution in [2.45, 2.75) is 6.61 Å². The molecule has 1 aromatic heterocycles. The van der Waals surface area contributed by atoms with Gasteiger partial charge >= 0.3 is 5.91 Å². The van der Waals surface area contributed by atoms with Crippen molar-refractivity contribution in [1.29, 1.82) is 0 Å². The molecule has 0 radical (unpaired) electrons. The van der Waals surface area contributed by atoms with Crippen molar-refractivity contribution in [2.75, 3.05) is 7.11 Å². The number of amides is 1. The highest BCUT2D eigenvalue weighted by Crippen LogP contribution is 2.36. The molecule has 1 heterocycles. The Balaban J connectivity index is 1.44. The summed E-state index contributed by atoms with van der Waals surface area (Å²) in [4.78, 5) is 22.8. The van der Waals surface area contributed by atoms with Gasteiger partial charge < -0.3 is 13.9 Å². The molecular weight excluding hydrogens is 589 g/mol. The van der Waals surface area contributed by atoms with Crippen LogP contribution in [-0.2, 0) is 6.61 Å². The van der Waals surface area contributed by atoms with Crippen LogP contribution in [0, 0.1) is 13.7 Å². The molecule has 0 unspecified atom stereocenters. The van der Waals surface area contributed by atoms with E-state index in [1.165, 1.54) is 37.6 Å². The van der Waals surface area contributed by atoms with E-state index in [0.29, 0.717) is 39.7 Å². The van der Waals surface area contributed by atoms with Crippen LogP contribution in [-0.4, -0.2) is 24.2 Å². The van der Waals surface area contributed by atoms with Crippen LogP contribution >= 0.6 is 34.2 Å². The number of nitro benzene ring substituents is 1. The summed E-state index contributed by atoms with van der Waals surface area (Å²) in [7, 11) is 1.50. The standard InChI is InChI=1S/C24H17ClIN3O6/c1-33-21-9-15(8-19(25)23(21)34-13-14-2-4-17(26)5-3-14)12-27-28-24(30)22-11-16-10-18(29(31)32)6-7-20(16)35-22/h2-12H,13H2,1H3,(H,28,30)/b27-12-. The molecule has 178 valence electrons. The van der Waals surface area contributed by atoms with Gasteiger partial charge in [0.15, 0.2) is 17.3 Å². The van der Waals surface area contributed by atoms with E-state index in [1.807, 2.05) is 24.3 Å². The number of fused-ring (bicyclic) bond motifs is 1. The van der Waals surface area contributed by atoms with E-state index in [2.05, 4.69) is 33.1 Å². The zero-order valence-corrected chi connectivity index (χ0v) is 21.1. The van der Waals surface area contributed by atoms with Crippen LogP contribution in [0.15, 0.2) is 70.2 Å². The number of nitro groups is 1. The average molecular weight is 606 g/mol. The molecule has 11 heteroatoms. The number of carbonyl (C=O) groups excluding carboxylic acids is 1. The second-order valence-corrected chi connectivity index (χ2v) is 8.89. The van der Waals surface area contributed by atoms with Crippen molar-refractivity contribution >= 4 is 63.0 Å². The highest BCUT2D eigenvalue weighted by molar-refractivity contribution is 14.1. The van der Waals surface area contributed by atoms with Crippen LogP contribution in [0.1, 0.15) is 21.7 Å². The lowest BCUT2D eigenvalue weighted by molar-refractivity contribution is -0.384. The van der Waals surface area contributed by atoms with Crippen molar-refractivity contribution in [1.82, 2.24) is 5.43 Å². The number of hydrogen-bond donors (Lipinski definition) is 1. The first-order chi connectivity index (χ1) is 16.8. The predicted molar refractivity (Wildman–Crippen MR) is 139 cm³/mol. The Kier molecular flexibility index (Phi) is 7.51. The van der Waals surface area contributed by atoms with Crippen LogP contribution in [0.25, 0.3) is 11.0 Å². The summed E-state index contributed by atoms with van der Waals surface area (Å²) >= 11 is 8.64. The maximum atomic E-state index is 12.4. The summed E-state index contributed by atoms with van der Waals surface area (Å²) in [6, 6.07) is 16.7. The molecule has 0 aliphatic rings. The van der Waals surface area contributed by atoms with Crippen LogP contribution in [0.2, 0.25) is 5.02 Å². The van der Waals surface area contributed by atoms with Crippen molar-refractivity contribution in [3.05, 3.63) is 96.3 Å². The molecule has 4 rings (SSSR count). The molecular formula is C24H17ClIN3O6. The van der Waals surface area contributed by atoms with E-state index in [-0.39, 0.29) is 11.4 Å². The maximum Gasteiger partial charge on any atom is 0.307 e. The minimum atomic E-state index is -0.615. The van der Waals surface area contributed by atoms with Crippen LogP contribution in [0.3, 0.4) is 0 Å². The van der Waals surface area contributed by atoms with Gasteiger partial charge in [0.25, 0.3) is 5.69 Å². The number of nitrogens with zero attached hydrogens (tertiary/aromatic N) is 2. The molecule has 0 aliphatic heterocycles. The molecule has 35 heavy (non-hydrogen) atoms. The minimum Gasteiger partial charge on any atom is -0.493 e. The fourth-order valence-corrected chi connectivity index (χ4v) is 3.80. The van der Waals surface area contributed by atoms with E-state index in [1.54, 1.807) is 12.1 Å². The van der Waals surface area contributed by atoms with Gasteiger partial charge in [-0.05, 0) is 70.1 Å². The van der Waals surface area contributed by atoms with Gasteiger partial charge in [0.05, 0.1) is 23.3 Å². The third kappa shape index (κ3) is 5.89. The summed E-state index contributed by atoms with van der Waals surface area (Å²) in [5.41, 5.74) is 4.15. The monoisotopic (exact) mass is 605 g/mol. The third-order valence-electron chi connectivity index (χ3n) is 4.86. The van der Waals surface area contributed by atoms with Gasteiger partial charge in [-0.2, -0.15) is 5.10 Å². The number of halogens is 2. The average Bonchev–Trinajstić information content (AvgIpc) is 3.27. The van der Waals surface area contributed by atoms with Gasteiger partial charge in [0, 0.05) is 21.1 Å². The summed E-state index contributed by atoms with van der Waals surface area (Å²) in [5.74, 6) is 0.156. The molecule has 0 aliphatic carbocycles. The topological polar surface area (TPSA) is 116 Å². The van der Waals surface area contributed by atoms with Gasteiger partial charge in [0.2, 0.25) is 0 Å². The third-order valence-corrected chi connectivity index (χ3v) is 5.86. The Hall–Kier alpha value is -3.64. The lowest BCUT2D eigenvalue weighted by Crippen LogP contribution is -2.16. The molecule has 3 aromatic carbocycles. The number of benzene rings is 3. The minimum absolute atomic E-state index is 0.0346. The second kappa shape index (κ2) is 10.7. The van der Waals surface area contributed by atoms with Gasteiger partial charge in [-0.25, -0.2) is 5.43 Å². The first-order valence-corrected chi connectivity index (χ1v) is 11.6. The number of non-ortho nitro benzene ring substituents is 1. The zero-order chi connectivity index (χ0) is 24.9. The Morgan fingerprint density at radius 2 is 1.97 bits per heavy atom. The van der Waals surface area contributed by atoms with Crippen molar-refractivity contribution in [3.8, 4) is 11.5 Å². The van der Waals surface area contributed by atoms with Gasteiger partial charge in [-0.15, -0.1) is 0 Å². The number of hydrogen-bond acceptors (Lipinski definition) is 7. The van der Waals surface area contributed by atoms with Gasteiger partial charge in [-0.3, -0.25) is 14.9 Å². The molecule has 0 saturated carbocycles. The molecule has 1 amide bonds.